The SMILES string of the molecule is Oc1ccccc1-c1cc(-c2ccccc2)cc(-c2[c-]c(-c3nc4ccccn4c3-c3cccc4c3oc3ccccc34)ccc2)n1.[Pt]. The Bertz CT molecular complexity index is 2610. The molecule has 9 rings (SSSR count). The quantitative estimate of drug-likeness (QED) is 0.176. The van der Waals surface area contributed by atoms with Crippen LogP contribution in [0.2, 0.25) is 0 Å². The van der Waals surface area contributed by atoms with E-state index in [1.165, 1.54) is 0 Å². The third-order valence-corrected chi connectivity index (χ3v) is 8.63. The number of aromatic hydroxyl groups is 1. The Balaban J connectivity index is 0.00000336. The van der Waals surface area contributed by atoms with E-state index in [4.69, 9.17) is 14.4 Å². The number of phenols is 1. The van der Waals surface area contributed by atoms with Crippen molar-refractivity contribution < 1.29 is 30.6 Å². The van der Waals surface area contributed by atoms with E-state index in [0.29, 0.717) is 11.3 Å². The van der Waals surface area contributed by atoms with E-state index in [9.17, 15) is 5.11 Å². The van der Waals surface area contributed by atoms with Crippen molar-refractivity contribution in [2.24, 2.45) is 0 Å². The molecule has 4 heterocycles. The minimum atomic E-state index is 0. The largest absolute Gasteiger partial charge is 0.507 e. The van der Waals surface area contributed by atoms with Crippen molar-refractivity contribution in [2.75, 3.05) is 0 Å². The minimum absolute atomic E-state index is 0. The van der Waals surface area contributed by atoms with Crippen LogP contribution >= 0.6 is 0 Å². The molecule has 1 N–H and O–H groups in total. The molecule has 0 atom stereocenters. The Labute approximate surface area is 291 Å². The van der Waals surface area contributed by atoms with Crippen LogP contribution in [0.25, 0.3) is 83.7 Å². The van der Waals surface area contributed by atoms with E-state index >= 15 is 0 Å². The van der Waals surface area contributed by atoms with Gasteiger partial charge in [0.05, 0.1) is 11.4 Å². The summed E-state index contributed by atoms with van der Waals surface area (Å²) < 4.78 is 8.59. The van der Waals surface area contributed by atoms with Crippen LogP contribution in [0.5, 0.6) is 5.75 Å². The molecular formula is C42H26N3O2Pt-. The number of rotatable bonds is 5. The van der Waals surface area contributed by atoms with Gasteiger partial charge in [-0.15, -0.1) is 24.3 Å². The molecule has 0 fully saturated rings. The van der Waals surface area contributed by atoms with Crippen LogP contribution in [0, 0.1) is 6.07 Å². The van der Waals surface area contributed by atoms with Gasteiger partial charge in [0.2, 0.25) is 0 Å². The summed E-state index contributed by atoms with van der Waals surface area (Å²) in [6, 6.07) is 51.8. The first kappa shape index (κ1) is 29.6. The van der Waals surface area contributed by atoms with E-state index in [1.807, 2.05) is 103 Å². The van der Waals surface area contributed by atoms with Crippen molar-refractivity contribution in [2.45, 2.75) is 0 Å². The van der Waals surface area contributed by atoms with Crippen molar-refractivity contribution in [3.05, 3.63) is 158 Å². The zero-order valence-corrected chi connectivity index (χ0v) is 27.7. The molecule has 0 saturated carbocycles. The van der Waals surface area contributed by atoms with E-state index in [-0.39, 0.29) is 26.8 Å². The predicted molar refractivity (Wildman–Crippen MR) is 188 cm³/mol. The van der Waals surface area contributed by atoms with Gasteiger partial charge in [0.25, 0.3) is 0 Å². The predicted octanol–water partition coefficient (Wildman–Crippen LogP) is 10.5. The Morgan fingerprint density at radius 1 is 0.583 bits per heavy atom. The average molecular weight is 800 g/mol. The number of hydrogen-bond donors (Lipinski definition) is 1. The van der Waals surface area contributed by atoms with Crippen molar-refractivity contribution in [3.8, 4) is 61.9 Å². The summed E-state index contributed by atoms with van der Waals surface area (Å²) >= 11 is 0. The van der Waals surface area contributed by atoms with Gasteiger partial charge in [-0.25, -0.2) is 0 Å². The summed E-state index contributed by atoms with van der Waals surface area (Å²) in [4.78, 5) is 10.2. The van der Waals surface area contributed by atoms with Crippen LogP contribution in [0.1, 0.15) is 0 Å². The van der Waals surface area contributed by atoms with Crippen molar-refractivity contribution in [1.82, 2.24) is 14.4 Å². The molecule has 4 aromatic heterocycles. The van der Waals surface area contributed by atoms with Gasteiger partial charge >= 0.3 is 0 Å². The Hall–Kier alpha value is -5.77. The second kappa shape index (κ2) is 12.1. The molecule has 232 valence electrons. The van der Waals surface area contributed by atoms with E-state index < -0.39 is 0 Å². The topological polar surface area (TPSA) is 63.6 Å². The molecule has 0 aliphatic carbocycles. The number of pyridine rings is 2. The maximum absolute atomic E-state index is 10.7. The number of phenolic OH excluding ortho intramolecular Hbond substituents is 1. The third kappa shape index (κ3) is 5.00. The molecule has 0 amide bonds. The number of fused-ring (bicyclic) bond motifs is 4. The number of benzene rings is 5. The van der Waals surface area contributed by atoms with Crippen molar-refractivity contribution in [3.63, 3.8) is 0 Å². The summed E-state index contributed by atoms with van der Waals surface area (Å²) in [5.74, 6) is 0.183. The normalized spacial score (nSPS) is 11.2. The number of imidazole rings is 1. The number of nitrogens with zero attached hydrogens (tertiary/aromatic N) is 3. The van der Waals surface area contributed by atoms with Gasteiger partial charge in [0.1, 0.15) is 22.6 Å². The van der Waals surface area contributed by atoms with Gasteiger partial charge in [-0.1, -0.05) is 96.1 Å². The Morgan fingerprint density at radius 3 is 2.19 bits per heavy atom. The first-order valence-electron chi connectivity index (χ1n) is 15.5. The molecule has 0 spiro atoms. The van der Waals surface area contributed by atoms with Crippen LogP contribution in [0.3, 0.4) is 0 Å². The zero-order chi connectivity index (χ0) is 31.3. The fourth-order valence-electron chi connectivity index (χ4n) is 6.43. The van der Waals surface area contributed by atoms with Gasteiger partial charge < -0.3 is 13.9 Å². The zero-order valence-electron chi connectivity index (χ0n) is 25.4. The second-order valence-corrected chi connectivity index (χ2v) is 11.5. The van der Waals surface area contributed by atoms with Crippen LogP contribution in [-0.4, -0.2) is 19.5 Å². The van der Waals surface area contributed by atoms with Crippen molar-refractivity contribution >= 4 is 27.6 Å². The van der Waals surface area contributed by atoms with E-state index in [2.05, 4.69) is 52.9 Å². The fraction of sp³-hybridized carbons (Fsp3) is 0. The van der Waals surface area contributed by atoms with Gasteiger partial charge in [0.15, 0.2) is 0 Å². The van der Waals surface area contributed by atoms with Gasteiger partial charge in [-0.3, -0.25) is 9.97 Å². The van der Waals surface area contributed by atoms with Crippen LogP contribution in [-0.2, 0) is 21.1 Å². The Kier molecular flexibility index (Phi) is 7.47. The van der Waals surface area contributed by atoms with Gasteiger partial charge in [0, 0.05) is 60.5 Å². The standard InChI is InChI=1S/C42H26N3O2.Pt/c46-37-20-6-4-17-33(37)36-26-30(27-12-2-1-3-13-27)25-35(43-36)28-14-10-15-29(24-28)40-41(45-23-9-8-22-39(45)44-40)34-19-11-18-32-31-16-5-7-21-38(31)47-42(32)34;/h1-23,25-26,46H;/q-1;. The molecule has 0 unspecified atom stereocenters. The molecular weight excluding hydrogens is 774 g/mol. The number of furan rings is 1. The van der Waals surface area contributed by atoms with Crippen LogP contribution in [0.15, 0.2) is 156 Å². The minimum Gasteiger partial charge on any atom is -0.507 e. The molecule has 0 aliphatic rings. The first-order valence-corrected chi connectivity index (χ1v) is 15.5. The second-order valence-electron chi connectivity index (χ2n) is 11.5. The summed E-state index contributed by atoms with van der Waals surface area (Å²) in [7, 11) is 0. The molecule has 0 saturated heterocycles. The molecule has 9 aromatic rings. The monoisotopic (exact) mass is 799 g/mol. The number of para-hydroxylation sites is 3. The van der Waals surface area contributed by atoms with E-state index in [1.54, 1.807) is 6.07 Å². The van der Waals surface area contributed by atoms with Crippen LogP contribution in [0.4, 0.5) is 0 Å². The van der Waals surface area contributed by atoms with E-state index in [0.717, 1.165) is 72.5 Å². The molecule has 0 aliphatic heterocycles. The molecule has 0 bridgehead atoms. The molecule has 0 radical (unpaired) electrons. The van der Waals surface area contributed by atoms with Gasteiger partial charge in [-0.05, 0) is 53.6 Å². The number of aromatic nitrogens is 3. The Morgan fingerprint density at radius 2 is 1.29 bits per heavy atom. The average Bonchev–Trinajstić information content (AvgIpc) is 3.71. The first-order chi connectivity index (χ1) is 23.2. The molecule has 48 heavy (non-hydrogen) atoms. The fourth-order valence-corrected chi connectivity index (χ4v) is 6.43. The molecule has 6 heteroatoms. The molecule has 5 aromatic carbocycles. The van der Waals surface area contributed by atoms with Crippen LogP contribution < -0.4 is 0 Å². The molecule has 5 nitrogen and oxygen atoms in total. The van der Waals surface area contributed by atoms with Gasteiger partial charge in [-0.2, -0.15) is 0 Å². The summed E-state index contributed by atoms with van der Waals surface area (Å²) in [6.07, 6.45) is 2.04. The van der Waals surface area contributed by atoms with Crippen molar-refractivity contribution in [1.29, 1.82) is 0 Å². The summed E-state index contributed by atoms with van der Waals surface area (Å²) in [5, 5.41) is 12.9. The maximum Gasteiger partial charge on any atom is 0.144 e. The number of hydrogen-bond acceptors (Lipinski definition) is 4. The summed E-state index contributed by atoms with van der Waals surface area (Å²) in [6.45, 7) is 0. The third-order valence-electron chi connectivity index (χ3n) is 8.63. The maximum atomic E-state index is 10.7. The summed E-state index contributed by atoms with van der Waals surface area (Å²) in [5.41, 5.74) is 11.0. The smallest absolute Gasteiger partial charge is 0.144 e.